The highest BCUT2D eigenvalue weighted by Crippen LogP contribution is 2.36. The Morgan fingerprint density at radius 2 is 2.13 bits per heavy atom. The first-order valence-electron chi connectivity index (χ1n) is 6.55. The number of aliphatic hydroxyl groups is 1. The third kappa shape index (κ3) is 3.76. The predicted molar refractivity (Wildman–Crippen MR) is 64.6 cm³/mol. The summed E-state index contributed by atoms with van der Waals surface area (Å²) in [6.07, 6.45) is 7.30. The average Bonchev–Trinajstić information content (AvgIpc) is 2.25. The van der Waals surface area contributed by atoms with E-state index in [1.165, 1.54) is 25.7 Å². The van der Waals surface area contributed by atoms with Gasteiger partial charge in [-0.1, -0.05) is 33.1 Å². The van der Waals surface area contributed by atoms with Crippen LogP contribution in [0.25, 0.3) is 0 Å². The monoisotopic (exact) mass is 213 g/mol. The summed E-state index contributed by atoms with van der Waals surface area (Å²) in [5.41, 5.74) is 6.17. The summed E-state index contributed by atoms with van der Waals surface area (Å²) in [4.78, 5) is 0. The molecule has 15 heavy (non-hydrogen) atoms. The van der Waals surface area contributed by atoms with E-state index in [1.807, 2.05) is 0 Å². The Bertz CT molecular complexity index is 172. The van der Waals surface area contributed by atoms with Crippen molar-refractivity contribution in [2.75, 3.05) is 6.61 Å². The Labute approximate surface area is 94.2 Å². The van der Waals surface area contributed by atoms with Crippen LogP contribution in [-0.4, -0.2) is 17.8 Å². The molecule has 0 spiro atoms. The molecule has 1 fully saturated rings. The van der Waals surface area contributed by atoms with Gasteiger partial charge in [-0.15, -0.1) is 0 Å². The molecule has 0 heterocycles. The second kappa shape index (κ2) is 6.49. The van der Waals surface area contributed by atoms with Gasteiger partial charge in [0.15, 0.2) is 0 Å². The summed E-state index contributed by atoms with van der Waals surface area (Å²) in [6.45, 7) is 4.80. The van der Waals surface area contributed by atoms with Crippen LogP contribution in [0.1, 0.15) is 52.4 Å². The van der Waals surface area contributed by atoms with E-state index in [0.29, 0.717) is 12.5 Å². The first-order chi connectivity index (χ1) is 7.19. The van der Waals surface area contributed by atoms with Crippen molar-refractivity contribution < 1.29 is 5.11 Å². The molecule has 1 rings (SSSR count). The molecule has 90 valence electrons. The highest BCUT2D eigenvalue weighted by atomic mass is 16.3. The fourth-order valence-corrected chi connectivity index (χ4v) is 3.12. The van der Waals surface area contributed by atoms with E-state index in [-0.39, 0.29) is 6.04 Å². The van der Waals surface area contributed by atoms with Gasteiger partial charge >= 0.3 is 0 Å². The van der Waals surface area contributed by atoms with Gasteiger partial charge < -0.3 is 10.8 Å². The number of nitrogens with two attached hydrogens (primary N) is 1. The molecule has 2 heteroatoms. The molecular weight excluding hydrogens is 186 g/mol. The van der Waals surface area contributed by atoms with E-state index in [4.69, 9.17) is 10.8 Å². The minimum Gasteiger partial charge on any atom is -0.396 e. The maximum absolute atomic E-state index is 9.12. The molecule has 4 unspecified atom stereocenters. The van der Waals surface area contributed by atoms with Crippen molar-refractivity contribution in [3.05, 3.63) is 0 Å². The molecule has 0 saturated heterocycles. The van der Waals surface area contributed by atoms with Gasteiger partial charge in [-0.05, 0) is 37.0 Å². The second-order valence-electron chi connectivity index (χ2n) is 5.28. The maximum atomic E-state index is 9.12. The highest BCUT2D eigenvalue weighted by Gasteiger charge is 2.29. The van der Waals surface area contributed by atoms with Crippen molar-refractivity contribution in [1.29, 1.82) is 0 Å². The minimum absolute atomic E-state index is 0.285. The Morgan fingerprint density at radius 1 is 1.40 bits per heavy atom. The van der Waals surface area contributed by atoms with Crippen molar-refractivity contribution in [3.8, 4) is 0 Å². The molecule has 0 aromatic carbocycles. The molecule has 0 aromatic rings. The third-order valence-electron chi connectivity index (χ3n) is 4.07. The van der Waals surface area contributed by atoms with Crippen LogP contribution in [0.3, 0.4) is 0 Å². The van der Waals surface area contributed by atoms with E-state index in [9.17, 15) is 0 Å². The van der Waals surface area contributed by atoms with E-state index < -0.39 is 0 Å². The first kappa shape index (κ1) is 13.0. The fraction of sp³-hybridized carbons (Fsp3) is 1.00. The van der Waals surface area contributed by atoms with Crippen LogP contribution in [0, 0.1) is 17.8 Å². The van der Waals surface area contributed by atoms with Crippen LogP contribution in [-0.2, 0) is 0 Å². The standard InChI is InChI=1S/C13H27NO/c1-3-13(14)12(7-8-15)11-6-4-5-10(2)9-11/h10-13,15H,3-9,14H2,1-2H3. The van der Waals surface area contributed by atoms with Gasteiger partial charge in [-0.25, -0.2) is 0 Å². The molecule has 0 amide bonds. The van der Waals surface area contributed by atoms with Crippen LogP contribution >= 0.6 is 0 Å². The van der Waals surface area contributed by atoms with Crippen molar-refractivity contribution in [3.63, 3.8) is 0 Å². The van der Waals surface area contributed by atoms with E-state index in [0.717, 1.165) is 24.7 Å². The zero-order valence-corrected chi connectivity index (χ0v) is 10.3. The first-order valence-corrected chi connectivity index (χ1v) is 6.55. The van der Waals surface area contributed by atoms with Gasteiger partial charge in [0.05, 0.1) is 0 Å². The van der Waals surface area contributed by atoms with Crippen molar-refractivity contribution in [1.82, 2.24) is 0 Å². The summed E-state index contributed by atoms with van der Waals surface area (Å²) in [6, 6.07) is 0.285. The lowest BCUT2D eigenvalue weighted by atomic mass is 9.72. The molecule has 2 nitrogen and oxygen atoms in total. The molecule has 1 aliphatic rings. The number of aliphatic hydroxyl groups excluding tert-OH is 1. The third-order valence-corrected chi connectivity index (χ3v) is 4.07. The zero-order chi connectivity index (χ0) is 11.3. The largest absolute Gasteiger partial charge is 0.396 e. The normalized spacial score (nSPS) is 31.2. The Kier molecular flexibility index (Phi) is 5.62. The fourth-order valence-electron chi connectivity index (χ4n) is 3.12. The van der Waals surface area contributed by atoms with Gasteiger partial charge in [-0.2, -0.15) is 0 Å². The van der Waals surface area contributed by atoms with Crippen LogP contribution in [0.4, 0.5) is 0 Å². The lowest BCUT2D eigenvalue weighted by Crippen LogP contribution is -2.37. The SMILES string of the molecule is CCC(N)C(CCO)C1CCCC(C)C1. The minimum atomic E-state index is 0.285. The van der Waals surface area contributed by atoms with Gasteiger partial charge in [0, 0.05) is 12.6 Å². The second-order valence-corrected chi connectivity index (χ2v) is 5.28. The van der Waals surface area contributed by atoms with Crippen LogP contribution in [0.2, 0.25) is 0 Å². The molecule has 1 aliphatic carbocycles. The Balaban J connectivity index is 2.53. The van der Waals surface area contributed by atoms with E-state index in [2.05, 4.69) is 13.8 Å². The smallest absolute Gasteiger partial charge is 0.0434 e. The Morgan fingerprint density at radius 3 is 2.67 bits per heavy atom. The topological polar surface area (TPSA) is 46.2 Å². The van der Waals surface area contributed by atoms with Crippen molar-refractivity contribution in [2.24, 2.45) is 23.5 Å². The molecular formula is C13H27NO. The number of hydrogen-bond acceptors (Lipinski definition) is 2. The van der Waals surface area contributed by atoms with E-state index >= 15 is 0 Å². The van der Waals surface area contributed by atoms with Crippen LogP contribution in [0.15, 0.2) is 0 Å². The quantitative estimate of drug-likeness (QED) is 0.737. The van der Waals surface area contributed by atoms with E-state index in [1.54, 1.807) is 0 Å². The highest BCUT2D eigenvalue weighted by molar-refractivity contribution is 4.82. The summed E-state index contributed by atoms with van der Waals surface area (Å²) in [5, 5.41) is 9.12. The summed E-state index contributed by atoms with van der Waals surface area (Å²) < 4.78 is 0. The molecule has 1 saturated carbocycles. The maximum Gasteiger partial charge on any atom is 0.0434 e. The summed E-state index contributed by atoms with van der Waals surface area (Å²) >= 11 is 0. The predicted octanol–water partition coefficient (Wildman–Crippen LogP) is 2.55. The van der Waals surface area contributed by atoms with Gasteiger partial charge in [0.1, 0.15) is 0 Å². The lowest BCUT2D eigenvalue weighted by molar-refractivity contribution is 0.142. The summed E-state index contributed by atoms with van der Waals surface area (Å²) in [5.74, 6) is 2.16. The van der Waals surface area contributed by atoms with Gasteiger partial charge in [0.2, 0.25) is 0 Å². The molecule has 0 radical (unpaired) electrons. The lowest BCUT2D eigenvalue weighted by Gasteiger charge is -2.36. The summed E-state index contributed by atoms with van der Waals surface area (Å²) in [7, 11) is 0. The number of hydrogen-bond donors (Lipinski definition) is 2. The average molecular weight is 213 g/mol. The number of rotatable bonds is 5. The molecule has 0 bridgehead atoms. The molecule has 0 aromatic heterocycles. The van der Waals surface area contributed by atoms with Crippen molar-refractivity contribution in [2.45, 2.75) is 58.4 Å². The van der Waals surface area contributed by atoms with Gasteiger partial charge in [-0.3, -0.25) is 0 Å². The molecule has 4 atom stereocenters. The molecule has 3 N–H and O–H groups in total. The van der Waals surface area contributed by atoms with Crippen LogP contribution in [0.5, 0.6) is 0 Å². The van der Waals surface area contributed by atoms with Crippen molar-refractivity contribution >= 4 is 0 Å². The van der Waals surface area contributed by atoms with Gasteiger partial charge in [0.25, 0.3) is 0 Å². The Hall–Kier alpha value is -0.0800. The van der Waals surface area contributed by atoms with Crippen LogP contribution < -0.4 is 5.73 Å². The zero-order valence-electron chi connectivity index (χ0n) is 10.3. The molecule has 0 aliphatic heterocycles.